The molecule has 0 saturated heterocycles. The van der Waals surface area contributed by atoms with Crippen molar-refractivity contribution in [1.29, 1.82) is 0 Å². The van der Waals surface area contributed by atoms with Crippen molar-refractivity contribution in [2.24, 2.45) is 0 Å². The van der Waals surface area contributed by atoms with Crippen LogP contribution in [0.3, 0.4) is 0 Å². The Morgan fingerprint density at radius 2 is 2.13 bits per heavy atom. The molecule has 0 fully saturated rings. The third kappa shape index (κ3) is 3.32. The molecule has 4 heteroatoms. The Morgan fingerprint density at radius 1 is 1.47 bits per heavy atom. The van der Waals surface area contributed by atoms with Crippen LogP contribution < -0.4 is 0 Å². The van der Waals surface area contributed by atoms with Gasteiger partial charge in [-0.25, -0.2) is 9.45 Å². The van der Waals surface area contributed by atoms with Crippen LogP contribution in [0.25, 0.3) is 0 Å². The zero-order valence-corrected chi connectivity index (χ0v) is 8.87. The van der Waals surface area contributed by atoms with E-state index in [0.717, 1.165) is 5.06 Å². The monoisotopic (exact) mass is 211 g/mol. The van der Waals surface area contributed by atoms with Gasteiger partial charge in [0, 0.05) is 13.5 Å². The normalized spacial score (nSPS) is 10.1. The number of nitrogens with zero attached hydrogens (tertiary/aromatic N) is 1. The third-order valence-electron chi connectivity index (χ3n) is 2.19. The van der Waals surface area contributed by atoms with Crippen LogP contribution in [0.15, 0.2) is 24.3 Å². The predicted molar refractivity (Wildman–Crippen MR) is 54.5 cm³/mol. The van der Waals surface area contributed by atoms with Crippen LogP contribution in [-0.4, -0.2) is 25.1 Å². The molecule has 0 heterocycles. The summed E-state index contributed by atoms with van der Waals surface area (Å²) in [4.78, 5) is 16.1. The first-order valence-corrected chi connectivity index (χ1v) is 4.69. The van der Waals surface area contributed by atoms with Crippen molar-refractivity contribution in [3.05, 3.63) is 35.6 Å². The van der Waals surface area contributed by atoms with Gasteiger partial charge in [-0.2, -0.15) is 0 Å². The summed E-state index contributed by atoms with van der Waals surface area (Å²) in [5.74, 6) is -0.439. The Balaban J connectivity index is 2.51. The molecule has 0 aliphatic carbocycles. The van der Waals surface area contributed by atoms with Crippen molar-refractivity contribution >= 4 is 5.91 Å². The maximum absolute atomic E-state index is 13.2. The number of hydroxylamine groups is 2. The molecular weight excluding hydrogens is 197 g/mol. The minimum atomic E-state index is -0.273. The van der Waals surface area contributed by atoms with Gasteiger partial charge in [-0.15, -0.1) is 0 Å². The average molecular weight is 211 g/mol. The van der Waals surface area contributed by atoms with Crippen LogP contribution in [0.4, 0.5) is 4.39 Å². The summed E-state index contributed by atoms with van der Waals surface area (Å²) in [6.07, 6.45) is 0.629. The molecule has 0 unspecified atom stereocenters. The van der Waals surface area contributed by atoms with Gasteiger partial charge in [-0.1, -0.05) is 18.2 Å². The lowest BCUT2D eigenvalue weighted by Crippen LogP contribution is -2.25. The molecule has 1 aromatic rings. The fourth-order valence-corrected chi connectivity index (χ4v) is 1.20. The SMILES string of the molecule is CON(C)C(=O)CCc1ccccc1F. The summed E-state index contributed by atoms with van der Waals surface area (Å²) in [7, 11) is 2.95. The molecule has 0 spiro atoms. The first-order chi connectivity index (χ1) is 7.15. The standard InChI is InChI=1S/C11H14FNO2/c1-13(15-2)11(14)8-7-9-5-3-4-6-10(9)12/h3-6H,7-8H2,1-2H3. The Kier molecular flexibility index (Phi) is 4.24. The van der Waals surface area contributed by atoms with Gasteiger partial charge in [0.1, 0.15) is 5.82 Å². The lowest BCUT2D eigenvalue weighted by Gasteiger charge is -2.13. The van der Waals surface area contributed by atoms with Crippen molar-refractivity contribution < 1.29 is 14.0 Å². The van der Waals surface area contributed by atoms with Crippen molar-refractivity contribution in [2.75, 3.05) is 14.2 Å². The number of carbonyl (C=O) groups excluding carboxylic acids is 1. The number of aryl methyl sites for hydroxylation is 1. The van der Waals surface area contributed by atoms with E-state index in [-0.39, 0.29) is 18.1 Å². The van der Waals surface area contributed by atoms with Crippen LogP contribution in [0, 0.1) is 5.82 Å². The van der Waals surface area contributed by atoms with Crippen molar-refractivity contribution in [3.8, 4) is 0 Å². The summed E-state index contributed by atoms with van der Waals surface area (Å²) in [5.41, 5.74) is 0.551. The lowest BCUT2D eigenvalue weighted by molar-refractivity contribution is -0.168. The van der Waals surface area contributed by atoms with Gasteiger partial charge in [-0.3, -0.25) is 9.63 Å². The molecule has 0 aliphatic rings. The molecule has 0 radical (unpaired) electrons. The smallest absolute Gasteiger partial charge is 0.246 e. The Bertz CT molecular complexity index is 341. The van der Waals surface area contributed by atoms with Crippen LogP contribution in [0.2, 0.25) is 0 Å². The molecule has 1 rings (SSSR count). The number of halogens is 1. The Morgan fingerprint density at radius 3 is 2.73 bits per heavy atom. The highest BCUT2D eigenvalue weighted by Crippen LogP contribution is 2.09. The van der Waals surface area contributed by atoms with E-state index in [1.807, 2.05) is 0 Å². The second kappa shape index (κ2) is 5.46. The second-order valence-corrected chi connectivity index (χ2v) is 3.17. The topological polar surface area (TPSA) is 29.5 Å². The minimum Gasteiger partial charge on any atom is -0.275 e. The highest BCUT2D eigenvalue weighted by molar-refractivity contribution is 5.75. The molecule has 0 aliphatic heterocycles. The summed E-state index contributed by atoms with van der Waals surface area (Å²) >= 11 is 0. The van der Waals surface area contributed by atoms with Gasteiger partial charge >= 0.3 is 0 Å². The maximum atomic E-state index is 13.2. The molecule has 0 bridgehead atoms. The zero-order valence-electron chi connectivity index (χ0n) is 8.87. The fourth-order valence-electron chi connectivity index (χ4n) is 1.20. The molecule has 0 aromatic heterocycles. The minimum absolute atomic E-state index is 0.166. The van der Waals surface area contributed by atoms with E-state index < -0.39 is 0 Å². The number of carbonyl (C=O) groups is 1. The number of rotatable bonds is 4. The molecule has 82 valence electrons. The predicted octanol–water partition coefficient (Wildman–Crippen LogP) is 1.78. The van der Waals surface area contributed by atoms with E-state index in [9.17, 15) is 9.18 Å². The van der Waals surface area contributed by atoms with E-state index in [1.54, 1.807) is 18.2 Å². The van der Waals surface area contributed by atoms with Crippen LogP contribution >= 0.6 is 0 Å². The van der Waals surface area contributed by atoms with Gasteiger partial charge in [0.25, 0.3) is 0 Å². The quantitative estimate of drug-likeness (QED) is 0.710. The van der Waals surface area contributed by atoms with Gasteiger partial charge in [0.05, 0.1) is 7.11 Å². The first-order valence-electron chi connectivity index (χ1n) is 4.69. The van der Waals surface area contributed by atoms with Gasteiger partial charge in [0.2, 0.25) is 5.91 Å². The van der Waals surface area contributed by atoms with E-state index in [0.29, 0.717) is 12.0 Å². The number of benzene rings is 1. The molecular formula is C11H14FNO2. The number of hydrogen-bond donors (Lipinski definition) is 0. The molecule has 3 nitrogen and oxygen atoms in total. The fraction of sp³-hybridized carbons (Fsp3) is 0.364. The van der Waals surface area contributed by atoms with E-state index in [2.05, 4.69) is 0 Å². The number of amides is 1. The van der Waals surface area contributed by atoms with E-state index >= 15 is 0 Å². The van der Waals surface area contributed by atoms with Gasteiger partial charge in [0.15, 0.2) is 0 Å². The van der Waals surface area contributed by atoms with E-state index in [4.69, 9.17) is 4.84 Å². The zero-order chi connectivity index (χ0) is 11.3. The van der Waals surface area contributed by atoms with Crippen molar-refractivity contribution in [3.63, 3.8) is 0 Å². The van der Waals surface area contributed by atoms with Crippen LogP contribution in [0.5, 0.6) is 0 Å². The highest BCUT2D eigenvalue weighted by atomic mass is 19.1. The molecule has 15 heavy (non-hydrogen) atoms. The lowest BCUT2D eigenvalue weighted by atomic mass is 10.1. The first kappa shape index (κ1) is 11.7. The van der Waals surface area contributed by atoms with Crippen molar-refractivity contribution in [1.82, 2.24) is 5.06 Å². The molecule has 0 saturated carbocycles. The number of hydrogen-bond acceptors (Lipinski definition) is 2. The van der Waals surface area contributed by atoms with E-state index in [1.165, 1.54) is 20.2 Å². The second-order valence-electron chi connectivity index (χ2n) is 3.17. The Hall–Kier alpha value is -1.42. The molecule has 1 amide bonds. The Labute approximate surface area is 88.4 Å². The molecule has 1 aromatic carbocycles. The average Bonchev–Trinajstić information content (AvgIpc) is 2.26. The van der Waals surface area contributed by atoms with Gasteiger partial charge in [-0.05, 0) is 18.1 Å². The largest absolute Gasteiger partial charge is 0.275 e. The summed E-state index contributed by atoms with van der Waals surface area (Å²) in [5, 5.41) is 1.14. The highest BCUT2D eigenvalue weighted by Gasteiger charge is 2.09. The third-order valence-corrected chi connectivity index (χ3v) is 2.19. The van der Waals surface area contributed by atoms with Crippen molar-refractivity contribution in [2.45, 2.75) is 12.8 Å². The van der Waals surface area contributed by atoms with Gasteiger partial charge < -0.3 is 0 Å². The maximum Gasteiger partial charge on any atom is 0.246 e. The summed E-state index contributed by atoms with van der Waals surface area (Å²) in [6, 6.07) is 6.44. The molecule has 0 atom stereocenters. The van der Waals surface area contributed by atoms with Crippen LogP contribution in [0.1, 0.15) is 12.0 Å². The summed E-state index contributed by atoms with van der Waals surface area (Å²) < 4.78 is 13.2. The summed E-state index contributed by atoms with van der Waals surface area (Å²) in [6.45, 7) is 0. The van der Waals surface area contributed by atoms with Crippen LogP contribution in [-0.2, 0) is 16.1 Å². The molecule has 0 N–H and O–H groups in total.